The molecule has 0 saturated carbocycles. The van der Waals surface area contributed by atoms with Gasteiger partial charge >= 0.3 is 0 Å². The van der Waals surface area contributed by atoms with Crippen molar-refractivity contribution in [1.29, 1.82) is 0 Å². The van der Waals surface area contributed by atoms with Crippen LogP contribution in [-0.2, 0) is 0 Å². The normalized spacial score (nSPS) is 10.2. The van der Waals surface area contributed by atoms with E-state index in [9.17, 15) is 4.79 Å². The Morgan fingerprint density at radius 3 is 2.32 bits per heavy atom. The molecule has 0 atom stereocenters. The summed E-state index contributed by atoms with van der Waals surface area (Å²) >= 11 is 9.31. The summed E-state index contributed by atoms with van der Waals surface area (Å²) in [6.45, 7) is 0. The zero-order chi connectivity index (χ0) is 14.0. The molecule has 0 unspecified atom stereocenters. The van der Waals surface area contributed by atoms with E-state index in [1.54, 1.807) is 12.1 Å². The maximum absolute atomic E-state index is 12.1. The monoisotopic (exact) mass is 339 g/mol. The molecule has 0 bridgehead atoms. The fourth-order valence-corrected chi connectivity index (χ4v) is 2.03. The predicted octanol–water partition coefficient (Wildman–Crippen LogP) is 3.52. The second-order valence-electron chi connectivity index (χ2n) is 3.92. The number of carbonyl (C=O) groups is 1. The minimum absolute atomic E-state index is 0.265. The number of halogens is 2. The highest BCUT2D eigenvalue weighted by Gasteiger charge is 2.12. The van der Waals surface area contributed by atoms with E-state index in [0.29, 0.717) is 17.1 Å². The topological polar surface area (TPSA) is 81.1 Å². The third-order valence-corrected chi connectivity index (χ3v) is 3.36. The van der Waals surface area contributed by atoms with Crippen LogP contribution in [0.25, 0.3) is 0 Å². The number of nitrogen functional groups attached to an aromatic ring is 2. The van der Waals surface area contributed by atoms with Crippen molar-refractivity contribution in [2.75, 3.05) is 16.8 Å². The number of nitrogens with one attached hydrogen (secondary N) is 1. The Bertz CT molecular complexity index is 629. The van der Waals surface area contributed by atoms with Crippen molar-refractivity contribution in [3.8, 4) is 0 Å². The number of carbonyl (C=O) groups excluding carboxylic acids is 1. The lowest BCUT2D eigenvalue weighted by atomic mass is 10.1. The van der Waals surface area contributed by atoms with Crippen molar-refractivity contribution in [1.82, 2.24) is 0 Å². The first kappa shape index (κ1) is 13.7. The molecule has 0 fully saturated rings. The number of nitrogens with two attached hydrogens (primary N) is 2. The quantitative estimate of drug-likeness (QED) is 0.732. The number of hydrogen-bond acceptors (Lipinski definition) is 3. The summed E-state index contributed by atoms with van der Waals surface area (Å²) in [5.41, 5.74) is 12.9. The van der Waals surface area contributed by atoms with E-state index < -0.39 is 0 Å². The number of anilines is 3. The SMILES string of the molecule is Nc1cc(Cl)c(C(=O)Nc2ccc(Br)cc2)cc1N. The Morgan fingerprint density at radius 2 is 1.68 bits per heavy atom. The Kier molecular flexibility index (Phi) is 3.97. The zero-order valence-corrected chi connectivity index (χ0v) is 12.1. The third kappa shape index (κ3) is 3.19. The van der Waals surface area contributed by atoms with E-state index in [1.165, 1.54) is 12.1 Å². The van der Waals surface area contributed by atoms with E-state index in [0.717, 1.165) is 4.47 Å². The van der Waals surface area contributed by atoms with Gasteiger partial charge in [0.2, 0.25) is 0 Å². The lowest BCUT2D eigenvalue weighted by Gasteiger charge is -2.09. The summed E-state index contributed by atoms with van der Waals surface area (Å²) < 4.78 is 0.931. The smallest absolute Gasteiger partial charge is 0.257 e. The van der Waals surface area contributed by atoms with Crippen LogP contribution in [0, 0.1) is 0 Å². The minimum atomic E-state index is -0.334. The Hall–Kier alpha value is -1.72. The van der Waals surface area contributed by atoms with Crippen molar-refractivity contribution in [3.63, 3.8) is 0 Å². The average molecular weight is 341 g/mol. The summed E-state index contributed by atoms with van der Waals surface area (Å²) in [6.07, 6.45) is 0. The molecule has 2 rings (SSSR count). The lowest BCUT2D eigenvalue weighted by molar-refractivity contribution is 0.102. The molecule has 5 N–H and O–H groups in total. The summed E-state index contributed by atoms with van der Waals surface area (Å²) in [5.74, 6) is -0.334. The van der Waals surface area contributed by atoms with E-state index in [1.807, 2.05) is 12.1 Å². The number of hydrogen-bond donors (Lipinski definition) is 3. The molecule has 6 heteroatoms. The molecule has 0 radical (unpaired) electrons. The summed E-state index contributed by atoms with van der Waals surface area (Å²) in [7, 11) is 0. The predicted molar refractivity (Wildman–Crippen MR) is 82.4 cm³/mol. The molecule has 0 aromatic heterocycles. The van der Waals surface area contributed by atoms with Gasteiger partial charge < -0.3 is 16.8 Å². The molecule has 0 aliphatic rings. The van der Waals surface area contributed by atoms with Crippen LogP contribution >= 0.6 is 27.5 Å². The largest absolute Gasteiger partial charge is 0.397 e. The van der Waals surface area contributed by atoms with Crippen LogP contribution in [0.5, 0.6) is 0 Å². The minimum Gasteiger partial charge on any atom is -0.397 e. The van der Waals surface area contributed by atoms with Crippen LogP contribution in [0.2, 0.25) is 5.02 Å². The Labute approximate surface area is 123 Å². The number of benzene rings is 2. The molecule has 98 valence electrons. The van der Waals surface area contributed by atoms with Gasteiger partial charge in [-0.2, -0.15) is 0 Å². The summed E-state index contributed by atoms with van der Waals surface area (Å²) in [4.78, 5) is 12.1. The summed E-state index contributed by atoms with van der Waals surface area (Å²) in [5, 5.41) is 3.00. The molecular weight excluding hydrogens is 330 g/mol. The lowest BCUT2D eigenvalue weighted by Crippen LogP contribution is -2.13. The van der Waals surface area contributed by atoms with Crippen molar-refractivity contribution >= 4 is 50.5 Å². The van der Waals surface area contributed by atoms with Gasteiger partial charge in [0.15, 0.2) is 0 Å². The molecule has 4 nitrogen and oxygen atoms in total. The zero-order valence-electron chi connectivity index (χ0n) is 9.78. The van der Waals surface area contributed by atoms with Crippen LogP contribution in [0.1, 0.15) is 10.4 Å². The van der Waals surface area contributed by atoms with Crippen molar-refractivity contribution in [2.24, 2.45) is 0 Å². The summed E-state index contributed by atoms with van der Waals surface area (Å²) in [6, 6.07) is 10.1. The van der Waals surface area contributed by atoms with Gasteiger partial charge in [0, 0.05) is 10.2 Å². The van der Waals surface area contributed by atoms with Crippen molar-refractivity contribution in [3.05, 3.63) is 51.5 Å². The Morgan fingerprint density at radius 1 is 1.11 bits per heavy atom. The molecule has 1 amide bonds. The molecule has 19 heavy (non-hydrogen) atoms. The molecule has 0 heterocycles. The highest BCUT2D eigenvalue weighted by molar-refractivity contribution is 9.10. The van der Waals surface area contributed by atoms with Crippen molar-refractivity contribution < 1.29 is 4.79 Å². The highest BCUT2D eigenvalue weighted by Crippen LogP contribution is 2.26. The molecule has 0 aliphatic carbocycles. The third-order valence-electron chi connectivity index (χ3n) is 2.52. The van der Waals surface area contributed by atoms with Gasteiger partial charge in [-0.05, 0) is 36.4 Å². The van der Waals surface area contributed by atoms with Gasteiger partial charge in [0.1, 0.15) is 0 Å². The fraction of sp³-hybridized carbons (Fsp3) is 0. The average Bonchev–Trinajstić information content (AvgIpc) is 2.36. The molecule has 2 aromatic carbocycles. The number of amides is 1. The first-order chi connectivity index (χ1) is 8.97. The van der Waals surface area contributed by atoms with Crippen molar-refractivity contribution in [2.45, 2.75) is 0 Å². The van der Waals surface area contributed by atoms with E-state index in [-0.39, 0.29) is 16.5 Å². The molecule has 0 saturated heterocycles. The second kappa shape index (κ2) is 5.50. The van der Waals surface area contributed by atoms with E-state index in [2.05, 4.69) is 21.2 Å². The first-order valence-electron chi connectivity index (χ1n) is 5.39. The number of rotatable bonds is 2. The van der Waals surface area contributed by atoms with Crippen LogP contribution in [0.3, 0.4) is 0 Å². The van der Waals surface area contributed by atoms with Gasteiger partial charge in [-0.15, -0.1) is 0 Å². The maximum atomic E-state index is 12.1. The van der Waals surface area contributed by atoms with Gasteiger partial charge in [0.05, 0.1) is 22.0 Å². The molecule has 0 aliphatic heterocycles. The van der Waals surface area contributed by atoms with Crippen LogP contribution < -0.4 is 16.8 Å². The second-order valence-corrected chi connectivity index (χ2v) is 5.24. The van der Waals surface area contributed by atoms with Crippen LogP contribution in [0.15, 0.2) is 40.9 Å². The maximum Gasteiger partial charge on any atom is 0.257 e. The Balaban J connectivity index is 2.25. The molecular formula is C13H11BrClN3O. The first-order valence-corrected chi connectivity index (χ1v) is 6.56. The van der Waals surface area contributed by atoms with Crippen LogP contribution in [-0.4, -0.2) is 5.91 Å². The van der Waals surface area contributed by atoms with Gasteiger partial charge in [-0.1, -0.05) is 27.5 Å². The standard InChI is InChI=1S/C13H11BrClN3O/c14-7-1-3-8(4-2-7)18-13(19)9-5-11(16)12(17)6-10(9)15/h1-6H,16-17H2,(H,18,19). The highest BCUT2D eigenvalue weighted by atomic mass is 79.9. The van der Waals surface area contributed by atoms with E-state index in [4.69, 9.17) is 23.1 Å². The van der Waals surface area contributed by atoms with Gasteiger partial charge in [0.25, 0.3) is 5.91 Å². The molecule has 2 aromatic rings. The van der Waals surface area contributed by atoms with Gasteiger partial charge in [-0.3, -0.25) is 4.79 Å². The van der Waals surface area contributed by atoms with Gasteiger partial charge in [-0.25, -0.2) is 0 Å². The van der Waals surface area contributed by atoms with E-state index >= 15 is 0 Å². The van der Waals surface area contributed by atoms with Crippen LogP contribution in [0.4, 0.5) is 17.1 Å². The molecule has 0 spiro atoms. The fourth-order valence-electron chi connectivity index (χ4n) is 1.51.